The van der Waals surface area contributed by atoms with Crippen LogP contribution in [-0.4, -0.2) is 12.4 Å². The molecule has 0 atom stereocenters. The third-order valence-electron chi connectivity index (χ3n) is 2.74. The molecule has 2 rings (SSSR count). The monoisotopic (exact) mass is 337 g/mol. The van der Waals surface area contributed by atoms with Crippen molar-refractivity contribution in [1.82, 2.24) is 0 Å². The largest absolute Gasteiger partial charge is 0.388 e. The Hall–Kier alpha value is -1.33. The number of anilines is 1. The Labute approximate surface area is 125 Å². The van der Waals surface area contributed by atoms with E-state index in [2.05, 4.69) is 44.4 Å². The van der Waals surface area contributed by atoms with Gasteiger partial charge in [0.2, 0.25) is 0 Å². The van der Waals surface area contributed by atoms with Crippen LogP contribution in [0.15, 0.2) is 46.3 Å². The van der Waals surface area contributed by atoms with Crippen molar-refractivity contribution in [1.29, 1.82) is 5.41 Å². The molecule has 0 aliphatic rings. The van der Waals surface area contributed by atoms with Gasteiger partial charge in [-0.2, -0.15) is 0 Å². The quantitative estimate of drug-likeness (QED) is 0.621. The van der Waals surface area contributed by atoms with Gasteiger partial charge in [-0.25, -0.2) is 0 Å². The molecule has 0 spiro atoms. The molecule has 0 radical (unpaired) electrons. The second-order valence-corrected chi connectivity index (χ2v) is 6.18. The summed E-state index contributed by atoms with van der Waals surface area (Å²) in [5.74, 6) is 0.230. The van der Waals surface area contributed by atoms with E-state index in [-0.39, 0.29) is 5.84 Å². The van der Waals surface area contributed by atoms with Crippen LogP contribution in [-0.2, 0) is 6.54 Å². The second-order valence-electron chi connectivity index (χ2n) is 4.26. The third-order valence-corrected chi connectivity index (χ3v) is 4.42. The first-order valence-corrected chi connectivity index (χ1v) is 7.68. The lowest BCUT2D eigenvalue weighted by atomic mass is 10.2. The van der Waals surface area contributed by atoms with Crippen LogP contribution in [0.5, 0.6) is 0 Å². The van der Waals surface area contributed by atoms with E-state index in [0.29, 0.717) is 6.42 Å². The van der Waals surface area contributed by atoms with E-state index in [1.807, 2.05) is 18.2 Å². The lowest BCUT2D eigenvalue weighted by Crippen LogP contribution is -2.27. The van der Waals surface area contributed by atoms with Gasteiger partial charge in [0.1, 0.15) is 0 Å². The number of benzene rings is 1. The van der Waals surface area contributed by atoms with Crippen LogP contribution >= 0.6 is 27.3 Å². The molecule has 3 nitrogen and oxygen atoms in total. The van der Waals surface area contributed by atoms with Crippen molar-refractivity contribution in [2.45, 2.75) is 13.0 Å². The Bertz CT molecular complexity index is 539. The van der Waals surface area contributed by atoms with E-state index in [0.717, 1.165) is 23.2 Å². The fraction of sp³-hybridized carbons (Fsp3) is 0.214. The van der Waals surface area contributed by atoms with Crippen molar-refractivity contribution in [2.75, 3.05) is 11.4 Å². The van der Waals surface area contributed by atoms with Crippen molar-refractivity contribution in [3.05, 3.63) is 51.1 Å². The first-order chi connectivity index (χ1) is 9.15. The summed E-state index contributed by atoms with van der Waals surface area (Å²) < 4.78 is 1.12. The van der Waals surface area contributed by atoms with Gasteiger partial charge in [0.25, 0.3) is 0 Å². The molecule has 1 aromatic heterocycles. The molecular formula is C14H16BrN3S. The van der Waals surface area contributed by atoms with E-state index in [9.17, 15) is 0 Å². The molecule has 3 N–H and O–H groups in total. The highest BCUT2D eigenvalue weighted by Gasteiger charge is 2.09. The first-order valence-electron chi connectivity index (χ1n) is 6.01. The van der Waals surface area contributed by atoms with Gasteiger partial charge in [0, 0.05) is 33.4 Å². The Morgan fingerprint density at radius 1 is 1.32 bits per heavy atom. The average Bonchev–Trinajstić information content (AvgIpc) is 2.81. The summed E-state index contributed by atoms with van der Waals surface area (Å²) in [7, 11) is 0. The second kappa shape index (κ2) is 6.73. The summed E-state index contributed by atoms with van der Waals surface area (Å²) in [6, 6.07) is 12.4. The zero-order valence-corrected chi connectivity index (χ0v) is 12.9. The fourth-order valence-corrected chi connectivity index (χ4v) is 3.28. The summed E-state index contributed by atoms with van der Waals surface area (Å²) in [5, 5.41) is 9.47. The molecule has 0 amide bonds. The number of nitrogens with zero attached hydrogens (tertiary/aromatic N) is 1. The van der Waals surface area contributed by atoms with Crippen molar-refractivity contribution in [2.24, 2.45) is 5.73 Å². The number of hydrogen-bond acceptors (Lipinski definition) is 3. The smallest absolute Gasteiger partial charge is 0.0923 e. The number of amidine groups is 1. The molecule has 0 aliphatic carbocycles. The van der Waals surface area contributed by atoms with Gasteiger partial charge < -0.3 is 10.6 Å². The molecule has 1 heterocycles. The Morgan fingerprint density at radius 2 is 2.05 bits per heavy atom. The normalized spacial score (nSPS) is 10.4. The lowest BCUT2D eigenvalue weighted by Gasteiger charge is -2.24. The highest BCUT2D eigenvalue weighted by molar-refractivity contribution is 9.10. The minimum atomic E-state index is 0.230. The molecule has 19 heavy (non-hydrogen) atoms. The average molecular weight is 338 g/mol. The summed E-state index contributed by atoms with van der Waals surface area (Å²) in [6.07, 6.45) is 0.585. The summed E-state index contributed by atoms with van der Waals surface area (Å²) in [4.78, 5) is 3.54. The summed E-state index contributed by atoms with van der Waals surface area (Å²) >= 11 is 5.21. The van der Waals surface area contributed by atoms with Gasteiger partial charge in [-0.1, -0.05) is 18.2 Å². The zero-order chi connectivity index (χ0) is 13.7. The number of rotatable bonds is 6. The fourth-order valence-electron chi connectivity index (χ4n) is 1.82. The van der Waals surface area contributed by atoms with Gasteiger partial charge in [-0.3, -0.25) is 5.41 Å². The Kier molecular flexibility index (Phi) is 4.99. The molecule has 0 bridgehead atoms. The molecule has 0 saturated heterocycles. The van der Waals surface area contributed by atoms with Crippen LogP contribution in [0.4, 0.5) is 5.69 Å². The summed E-state index contributed by atoms with van der Waals surface area (Å²) in [6.45, 7) is 1.60. The molecule has 100 valence electrons. The molecular weight excluding hydrogens is 322 g/mol. The minimum Gasteiger partial charge on any atom is -0.388 e. The summed E-state index contributed by atoms with van der Waals surface area (Å²) in [5.41, 5.74) is 6.63. The van der Waals surface area contributed by atoms with Crippen molar-refractivity contribution in [3.63, 3.8) is 0 Å². The topological polar surface area (TPSA) is 53.1 Å². The predicted octanol–water partition coefficient (Wildman–Crippen LogP) is 3.84. The zero-order valence-electron chi connectivity index (χ0n) is 10.5. The van der Waals surface area contributed by atoms with Gasteiger partial charge in [0.05, 0.1) is 12.4 Å². The number of thiophene rings is 1. The van der Waals surface area contributed by atoms with Gasteiger partial charge >= 0.3 is 0 Å². The van der Waals surface area contributed by atoms with E-state index in [4.69, 9.17) is 11.1 Å². The highest BCUT2D eigenvalue weighted by Crippen LogP contribution is 2.24. The maximum absolute atomic E-state index is 7.38. The minimum absolute atomic E-state index is 0.230. The van der Waals surface area contributed by atoms with Crippen LogP contribution in [0.2, 0.25) is 0 Å². The van der Waals surface area contributed by atoms with Crippen molar-refractivity contribution in [3.8, 4) is 0 Å². The van der Waals surface area contributed by atoms with Crippen molar-refractivity contribution < 1.29 is 0 Å². The molecule has 0 unspecified atom stereocenters. The molecule has 2 aromatic rings. The molecule has 1 aromatic carbocycles. The van der Waals surface area contributed by atoms with E-state index in [1.54, 1.807) is 11.3 Å². The van der Waals surface area contributed by atoms with Gasteiger partial charge in [-0.05, 0) is 34.1 Å². The number of nitrogens with two attached hydrogens (primary N) is 1. The molecule has 0 saturated carbocycles. The number of hydrogen-bond donors (Lipinski definition) is 2. The Balaban J connectivity index is 2.12. The predicted molar refractivity (Wildman–Crippen MR) is 86.0 cm³/mol. The molecule has 5 heteroatoms. The highest BCUT2D eigenvalue weighted by atomic mass is 79.9. The molecule has 0 aliphatic heterocycles. The van der Waals surface area contributed by atoms with E-state index < -0.39 is 0 Å². The third kappa shape index (κ3) is 4.36. The van der Waals surface area contributed by atoms with Crippen LogP contribution in [0.1, 0.15) is 11.3 Å². The number of para-hydroxylation sites is 1. The first kappa shape index (κ1) is 14.1. The van der Waals surface area contributed by atoms with Crippen LogP contribution in [0, 0.1) is 5.41 Å². The van der Waals surface area contributed by atoms with E-state index >= 15 is 0 Å². The standard InChI is InChI=1S/C14H16BrN3S/c15-11-8-13(19-10-11)9-18(7-6-14(16)17)12-4-2-1-3-5-12/h1-5,8,10H,6-7,9H2,(H3,16,17). The van der Waals surface area contributed by atoms with Crippen LogP contribution in [0.3, 0.4) is 0 Å². The lowest BCUT2D eigenvalue weighted by molar-refractivity contribution is 0.810. The van der Waals surface area contributed by atoms with Crippen molar-refractivity contribution >= 4 is 38.8 Å². The van der Waals surface area contributed by atoms with Crippen LogP contribution in [0.25, 0.3) is 0 Å². The SMILES string of the molecule is N=C(N)CCN(Cc1cc(Br)cs1)c1ccccc1. The number of nitrogens with one attached hydrogen (secondary N) is 1. The van der Waals surface area contributed by atoms with Crippen LogP contribution < -0.4 is 10.6 Å². The van der Waals surface area contributed by atoms with Gasteiger partial charge in [-0.15, -0.1) is 11.3 Å². The van der Waals surface area contributed by atoms with Gasteiger partial charge in [0.15, 0.2) is 0 Å². The Morgan fingerprint density at radius 3 is 2.63 bits per heavy atom. The maximum Gasteiger partial charge on any atom is 0.0923 e. The molecule has 0 fully saturated rings. The maximum atomic E-state index is 7.38. The van der Waals surface area contributed by atoms with E-state index in [1.165, 1.54) is 4.88 Å². The number of halogens is 1.